The Balaban J connectivity index is 2.13. The first kappa shape index (κ1) is 15.1. The molecule has 0 aliphatic carbocycles. The Morgan fingerprint density at radius 1 is 1.23 bits per heavy atom. The number of hydrogen-bond acceptors (Lipinski definition) is 3. The molecule has 118 valence electrons. The number of fused-ring (bicyclic) bond motifs is 1. The van der Waals surface area contributed by atoms with Crippen molar-refractivity contribution >= 4 is 16.7 Å². The van der Waals surface area contributed by atoms with Gasteiger partial charge in [-0.05, 0) is 38.8 Å². The second-order valence-corrected chi connectivity index (χ2v) is 6.35. The summed E-state index contributed by atoms with van der Waals surface area (Å²) in [5, 5.41) is 0.834. The second-order valence-electron chi connectivity index (χ2n) is 6.35. The molecule has 0 N–H and O–H groups in total. The lowest BCUT2D eigenvalue weighted by Crippen LogP contribution is -2.47. The lowest BCUT2D eigenvalue weighted by molar-refractivity contribution is -0.183. The molecule has 1 saturated heterocycles. The minimum atomic E-state index is -4.20. The number of aryl methyl sites for hydroxylation is 1. The summed E-state index contributed by atoms with van der Waals surface area (Å²) in [5.41, 5.74) is 0.706. The molecule has 1 aromatic carbocycles. The van der Waals surface area contributed by atoms with Crippen LogP contribution in [-0.4, -0.2) is 28.2 Å². The van der Waals surface area contributed by atoms with Gasteiger partial charge < -0.3 is 4.90 Å². The lowest BCUT2D eigenvalue weighted by atomic mass is 9.87. The first-order valence-corrected chi connectivity index (χ1v) is 7.27. The number of rotatable bonds is 1. The first-order valence-electron chi connectivity index (χ1n) is 7.27. The Morgan fingerprint density at radius 2 is 1.95 bits per heavy atom. The normalized spacial score (nSPS) is 21.5. The fraction of sp³-hybridized carbons (Fsp3) is 0.500. The zero-order valence-electron chi connectivity index (χ0n) is 12.8. The topological polar surface area (TPSA) is 29.0 Å². The summed E-state index contributed by atoms with van der Waals surface area (Å²) in [4.78, 5) is 10.3. The highest BCUT2D eigenvalue weighted by atomic mass is 19.4. The van der Waals surface area contributed by atoms with Crippen LogP contribution in [0.4, 0.5) is 19.0 Å². The smallest absolute Gasteiger partial charge is 0.350 e. The molecular weight excluding hydrogens is 291 g/mol. The van der Waals surface area contributed by atoms with E-state index in [2.05, 4.69) is 9.97 Å². The van der Waals surface area contributed by atoms with E-state index >= 15 is 0 Å². The van der Waals surface area contributed by atoms with Crippen molar-refractivity contribution in [1.82, 2.24) is 9.97 Å². The van der Waals surface area contributed by atoms with E-state index in [-0.39, 0.29) is 6.42 Å². The molecule has 3 nitrogen and oxygen atoms in total. The van der Waals surface area contributed by atoms with Gasteiger partial charge in [-0.25, -0.2) is 9.97 Å². The molecule has 0 amide bonds. The summed E-state index contributed by atoms with van der Waals surface area (Å²) in [7, 11) is 0. The average Bonchev–Trinajstić information content (AvgIpc) is 2.73. The first-order chi connectivity index (χ1) is 10.2. The fourth-order valence-corrected chi connectivity index (χ4v) is 3.50. The monoisotopic (exact) mass is 309 g/mol. The summed E-state index contributed by atoms with van der Waals surface area (Å²) in [6, 6.07) is 5.68. The third-order valence-electron chi connectivity index (χ3n) is 4.69. The minimum Gasteiger partial charge on any atom is -0.350 e. The Labute approximate surface area is 127 Å². The Kier molecular flexibility index (Phi) is 3.30. The molecule has 0 saturated carbocycles. The van der Waals surface area contributed by atoms with Crippen LogP contribution in [0.3, 0.4) is 0 Å². The average molecular weight is 309 g/mol. The Bertz CT molecular complexity index is 704. The van der Waals surface area contributed by atoms with Gasteiger partial charge in [-0.2, -0.15) is 13.2 Å². The highest BCUT2D eigenvalue weighted by Gasteiger charge is 2.55. The van der Waals surface area contributed by atoms with Gasteiger partial charge in [0.25, 0.3) is 0 Å². The van der Waals surface area contributed by atoms with Crippen LogP contribution in [-0.2, 0) is 0 Å². The highest BCUT2D eigenvalue weighted by molar-refractivity contribution is 5.92. The SMILES string of the molecule is Cc1cccc2ncnc(N3CC[C@H](C(F)(F)F)C3(C)C)c12. The molecule has 1 atom stereocenters. The summed E-state index contributed by atoms with van der Waals surface area (Å²) >= 11 is 0. The number of aromatic nitrogens is 2. The summed E-state index contributed by atoms with van der Waals surface area (Å²) in [6.07, 6.45) is -2.68. The molecule has 6 heteroatoms. The molecule has 0 spiro atoms. The van der Waals surface area contributed by atoms with Crippen molar-refractivity contribution in [3.8, 4) is 0 Å². The quantitative estimate of drug-likeness (QED) is 0.794. The van der Waals surface area contributed by atoms with Crippen LogP contribution in [0, 0.1) is 12.8 Å². The van der Waals surface area contributed by atoms with Gasteiger partial charge >= 0.3 is 6.18 Å². The van der Waals surface area contributed by atoms with Crippen molar-refractivity contribution in [2.75, 3.05) is 11.4 Å². The predicted octanol–water partition coefficient (Wildman–Crippen LogP) is 4.11. The fourth-order valence-electron chi connectivity index (χ4n) is 3.50. The van der Waals surface area contributed by atoms with Crippen LogP contribution in [0.15, 0.2) is 24.5 Å². The molecule has 0 bridgehead atoms. The van der Waals surface area contributed by atoms with Crippen molar-refractivity contribution in [3.63, 3.8) is 0 Å². The molecule has 0 unspecified atom stereocenters. The van der Waals surface area contributed by atoms with Gasteiger partial charge in [-0.1, -0.05) is 12.1 Å². The largest absolute Gasteiger partial charge is 0.394 e. The molecule has 22 heavy (non-hydrogen) atoms. The van der Waals surface area contributed by atoms with Crippen LogP contribution in [0.25, 0.3) is 10.9 Å². The predicted molar refractivity (Wildman–Crippen MR) is 79.9 cm³/mol. The van der Waals surface area contributed by atoms with Gasteiger partial charge in [0, 0.05) is 17.5 Å². The zero-order valence-corrected chi connectivity index (χ0v) is 12.8. The molecule has 1 aliphatic heterocycles. The molecule has 2 aromatic rings. The Morgan fingerprint density at radius 3 is 2.59 bits per heavy atom. The molecule has 1 aliphatic rings. The van der Waals surface area contributed by atoms with Gasteiger partial charge in [-0.3, -0.25) is 0 Å². The number of alkyl halides is 3. The molecule has 1 aromatic heterocycles. The number of anilines is 1. The maximum absolute atomic E-state index is 13.3. The van der Waals surface area contributed by atoms with Crippen LogP contribution in [0.5, 0.6) is 0 Å². The number of hydrogen-bond donors (Lipinski definition) is 0. The summed E-state index contributed by atoms with van der Waals surface area (Å²) < 4.78 is 39.8. The lowest BCUT2D eigenvalue weighted by Gasteiger charge is -2.38. The molecule has 0 radical (unpaired) electrons. The van der Waals surface area contributed by atoms with Crippen LogP contribution >= 0.6 is 0 Å². The van der Waals surface area contributed by atoms with Crippen molar-refractivity contribution < 1.29 is 13.2 Å². The van der Waals surface area contributed by atoms with E-state index in [4.69, 9.17) is 0 Å². The number of nitrogens with zero attached hydrogens (tertiary/aromatic N) is 3. The van der Waals surface area contributed by atoms with Gasteiger partial charge in [0.1, 0.15) is 12.1 Å². The van der Waals surface area contributed by atoms with Crippen LogP contribution in [0.1, 0.15) is 25.8 Å². The van der Waals surface area contributed by atoms with E-state index in [1.54, 1.807) is 18.7 Å². The van der Waals surface area contributed by atoms with Crippen LogP contribution < -0.4 is 4.90 Å². The van der Waals surface area contributed by atoms with Crippen molar-refractivity contribution in [1.29, 1.82) is 0 Å². The maximum Gasteiger partial charge on any atom is 0.394 e. The van der Waals surface area contributed by atoms with Crippen LogP contribution in [0.2, 0.25) is 0 Å². The van der Waals surface area contributed by atoms with E-state index < -0.39 is 17.6 Å². The van der Waals surface area contributed by atoms with E-state index in [1.807, 2.05) is 25.1 Å². The van der Waals surface area contributed by atoms with E-state index in [0.717, 1.165) is 16.5 Å². The van der Waals surface area contributed by atoms with E-state index in [9.17, 15) is 13.2 Å². The van der Waals surface area contributed by atoms with Gasteiger partial charge in [0.05, 0.1) is 11.4 Å². The van der Waals surface area contributed by atoms with Gasteiger partial charge in [-0.15, -0.1) is 0 Å². The second kappa shape index (κ2) is 4.83. The van der Waals surface area contributed by atoms with Crippen molar-refractivity contribution in [3.05, 3.63) is 30.1 Å². The molecular formula is C16H18F3N3. The standard InChI is InChI=1S/C16H18F3N3/c1-10-5-4-6-11-13(10)14(21-9-20-11)22-8-7-12(15(22,2)3)16(17,18)19/h4-6,9,12H,7-8H2,1-3H3/t12-/m0/s1. The molecule has 2 heterocycles. The minimum absolute atomic E-state index is 0.0911. The Hall–Kier alpha value is -1.85. The van der Waals surface area contributed by atoms with E-state index in [0.29, 0.717) is 12.4 Å². The maximum atomic E-state index is 13.3. The summed E-state index contributed by atoms with van der Waals surface area (Å²) in [6.45, 7) is 5.56. The highest BCUT2D eigenvalue weighted by Crippen LogP contribution is 2.47. The summed E-state index contributed by atoms with van der Waals surface area (Å²) in [5.74, 6) is -0.756. The number of benzene rings is 1. The molecule has 1 fully saturated rings. The third-order valence-corrected chi connectivity index (χ3v) is 4.69. The van der Waals surface area contributed by atoms with Gasteiger partial charge in [0.2, 0.25) is 0 Å². The van der Waals surface area contributed by atoms with Gasteiger partial charge in [0.15, 0.2) is 0 Å². The third kappa shape index (κ3) is 2.21. The van der Waals surface area contributed by atoms with Crippen molar-refractivity contribution in [2.24, 2.45) is 5.92 Å². The number of halogens is 3. The van der Waals surface area contributed by atoms with Crippen molar-refractivity contribution in [2.45, 2.75) is 38.9 Å². The zero-order chi connectivity index (χ0) is 16.1. The van der Waals surface area contributed by atoms with E-state index in [1.165, 1.54) is 6.33 Å². The molecule has 3 rings (SSSR count).